The molecule has 6 heteroatoms. The largest absolute Gasteiger partial charge is 0.497 e. The van der Waals surface area contributed by atoms with Crippen LogP contribution in [-0.2, 0) is 9.59 Å². The summed E-state index contributed by atoms with van der Waals surface area (Å²) in [6.45, 7) is 5.98. The van der Waals surface area contributed by atoms with Crippen LogP contribution in [0.1, 0.15) is 40.0 Å². The number of guanidine groups is 1. The molecule has 1 atom stereocenters. The van der Waals surface area contributed by atoms with E-state index in [2.05, 4.69) is 29.5 Å². The molecular weight excluding hydrogens is 306 g/mol. The van der Waals surface area contributed by atoms with Gasteiger partial charge in [-0.1, -0.05) is 27.2 Å². The predicted octanol–water partition coefficient (Wildman–Crippen LogP) is 2.76. The van der Waals surface area contributed by atoms with Crippen LogP contribution in [0.4, 0.5) is 5.69 Å². The summed E-state index contributed by atoms with van der Waals surface area (Å²) in [6.07, 6.45) is 1.92. The highest BCUT2D eigenvalue weighted by molar-refractivity contribution is 6.20. The number of hydrogen-bond donors (Lipinski definition) is 2. The number of amides is 2. The molecule has 24 heavy (non-hydrogen) atoms. The fourth-order valence-electron chi connectivity index (χ4n) is 2.82. The molecule has 1 unspecified atom stereocenters. The summed E-state index contributed by atoms with van der Waals surface area (Å²) in [6, 6.07) is 7.05. The fourth-order valence-corrected chi connectivity index (χ4v) is 2.82. The summed E-state index contributed by atoms with van der Waals surface area (Å²) in [5.41, 5.74) is -0.397. The van der Waals surface area contributed by atoms with Crippen molar-refractivity contribution in [3.63, 3.8) is 0 Å². The zero-order valence-corrected chi connectivity index (χ0v) is 14.7. The van der Waals surface area contributed by atoms with Crippen molar-refractivity contribution in [1.29, 1.82) is 0 Å². The molecule has 1 aliphatic rings. The summed E-state index contributed by atoms with van der Waals surface area (Å²) in [5.74, 6) is 0.627. The molecule has 2 rings (SSSR count). The van der Waals surface area contributed by atoms with Crippen LogP contribution in [0.3, 0.4) is 0 Å². The van der Waals surface area contributed by atoms with E-state index in [0.29, 0.717) is 30.2 Å². The third kappa shape index (κ3) is 3.58. The molecule has 0 bridgehead atoms. The van der Waals surface area contributed by atoms with Gasteiger partial charge in [0, 0.05) is 0 Å². The topological polar surface area (TPSA) is 79.8 Å². The first-order valence-corrected chi connectivity index (χ1v) is 8.30. The minimum absolute atomic E-state index is 0.170. The van der Waals surface area contributed by atoms with Gasteiger partial charge in [0.2, 0.25) is 17.8 Å². The van der Waals surface area contributed by atoms with E-state index in [0.717, 1.165) is 6.42 Å². The van der Waals surface area contributed by atoms with E-state index in [-0.39, 0.29) is 17.8 Å². The van der Waals surface area contributed by atoms with Crippen molar-refractivity contribution in [2.75, 3.05) is 7.11 Å². The van der Waals surface area contributed by atoms with Gasteiger partial charge >= 0.3 is 0 Å². The van der Waals surface area contributed by atoms with Crippen LogP contribution in [0.5, 0.6) is 5.75 Å². The van der Waals surface area contributed by atoms with Gasteiger partial charge in [-0.15, -0.1) is 0 Å². The van der Waals surface area contributed by atoms with Crippen LogP contribution < -0.4 is 15.4 Å². The highest BCUT2D eigenvalue weighted by Gasteiger charge is 2.48. The van der Waals surface area contributed by atoms with Gasteiger partial charge in [0.15, 0.2) is 0 Å². The van der Waals surface area contributed by atoms with E-state index >= 15 is 0 Å². The van der Waals surface area contributed by atoms with Gasteiger partial charge in [0.1, 0.15) is 11.2 Å². The number of aliphatic imine (C=N–C) groups is 1. The molecule has 0 aliphatic carbocycles. The van der Waals surface area contributed by atoms with Gasteiger partial charge in [-0.2, -0.15) is 0 Å². The van der Waals surface area contributed by atoms with Crippen LogP contribution in [0, 0.1) is 11.3 Å². The van der Waals surface area contributed by atoms with Crippen molar-refractivity contribution >= 4 is 23.5 Å². The van der Waals surface area contributed by atoms with Gasteiger partial charge in [-0.05, 0) is 43.0 Å². The first-order chi connectivity index (χ1) is 11.4. The van der Waals surface area contributed by atoms with Crippen molar-refractivity contribution < 1.29 is 14.3 Å². The zero-order chi connectivity index (χ0) is 17.7. The SMILES string of the molecule is CCC(C)CC1(CC)C(=O)NC(=Nc2ccc(OC)cc2)NC1=O. The molecule has 1 fully saturated rings. The molecule has 1 saturated heterocycles. The third-order valence-electron chi connectivity index (χ3n) is 4.64. The maximum atomic E-state index is 12.6. The number of hydrogen-bond acceptors (Lipinski definition) is 4. The zero-order valence-electron chi connectivity index (χ0n) is 14.7. The van der Waals surface area contributed by atoms with E-state index in [1.807, 2.05) is 6.92 Å². The molecule has 0 spiro atoms. The van der Waals surface area contributed by atoms with Crippen LogP contribution in [-0.4, -0.2) is 24.9 Å². The summed E-state index contributed by atoms with van der Waals surface area (Å²) in [5, 5.41) is 5.49. The van der Waals surface area contributed by atoms with E-state index in [1.54, 1.807) is 31.4 Å². The lowest BCUT2D eigenvalue weighted by Crippen LogP contribution is -2.63. The molecule has 0 aromatic heterocycles. The molecule has 130 valence electrons. The van der Waals surface area contributed by atoms with Crippen LogP contribution in [0.25, 0.3) is 0 Å². The van der Waals surface area contributed by atoms with Crippen LogP contribution in [0.15, 0.2) is 29.3 Å². The highest BCUT2D eigenvalue weighted by Crippen LogP contribution is 2.34. The summed E-state index contributed by atoms with van der Waals surface area (Å²) in [7, 11) is 1.59. The second-order valence-corrected chi connectivity index (χ2v) is 6.22. The Bertz CT molecular complexity index is 617. The van der Waals surface area contributed by atoms with Gasteiger partial charge in [-0.25, -0.2) is 4.99 Å². The van der Waals surface area contributed by atoms with Crippen LogP contribution >= 0.6 is 0 Å². The number of carbonyl (C=O) groups is 2. The highest BCUT2D eigenvalue weighted by atomic mass is 16.5. The lowest BCUT2D eigenvalue weighted by Gasteiger charge is -2.36. The Hall–Kier alpha value is -2.37. The van der Waals surface area contributed by atoms with Gasteiger partial charge < -0.3 is 4.74 Å². The lowest BCUT2D eigenvalue weighted by atomic mass is 9.74. The van der Waals surface area contributed by atoms with Crippen molar-refractivity contribution in [3.8, 4) is 5.75 Å². The number of benzene rings is 1. The maximum absolute atomic E-state index is 12.6. The average molecular weight is 331 g/mol. The van der Waals surface area contributed by atoms with Crippen LogP contribution in [0.2, 0.25) is 0 Å². The predicted molar refractivity (Wildman–Crippen MR) is 93.2 cm³/mol. The Morgan fingerprint density at radius 2 is 1.71 bits per heavy atom. The second kappa shape index (κ2) is 7.47. The Morgan fingerprint density at radius 3 is 2.17 bits per heavy atom. The van der Waals surface area contributed by atoms with E-state index in [4.69, 9.17) is 4.74 Å². The number of nitrogens with one attached hydrogen (secondary N) is 2. The minimum Gasteiger partial charge on any atom is -0.497 e. The standard InChI is InChI=1S/C18H25N3O3/c1-5-12(3)11-18(6-2)15(22)20-17(21-16(18)23)19-13-7-9-14(24-4)10-8-13/h7-10,12H,5-6,11H2,1-4H3,(H2,19,20,21,22,23). The molecule has 1 aromatic rings. The van der Waals surface area contributed by atoms with E-state index in [9.17, 15) is 9.59 Å². The smallest absolute Gasteiger partial charge is 0.242 e. The van der Waals surface area contributed by atoms with Crippen molar-refractivity contribution in [2.45, 2.75) is 40.0 Å². The quantitative estimate of drug-likeness (QED) is 0.787. The number of methoxy groups -OCH3 is 1. The Morgan fingerprint density at radius 1 is 1.12 bits per heavy atom. The average Bonchev–Trinajstić information content (AvgIpc) is 2.58. The van der Waals surface area contributed by atoms with Crippen molar-refractivity contribution in [3.05, 3.63) is 24.3 Å². The second-order valence-electron chi connectivity index (χ2n) is 6.22. The molecule has 2 amide bonds. The number of carbonyl (C=O) groups excluding carboxylic acids is 2. The monoisotopic (exact) mass is 331 g/mol. The van der Waals surface area contributed by atoms with E-state index < -0.39 is 5.41 Å². The van der Waals surface area contributed by atoms with Crippen molar-refractivity contribution in [1.82, 2.24) is 10.6 Å². The Kier molecular flexibility index (Phi) is 5.59. The Labute approximate surface area is 142 Å². The number of rotatable bonds is 6. The molecule has 1 heterocycles. The lowest BCUT2D eigenvalue weighted by molar-refractivity contribution is -0.145. The van der Waals surface area contributed by atoms with Gasteiger partial charge in [-0.3, -0.25) is 20.2 Å². The summed E-state index contributed by atoms with van der Waals surface area (Å²) in [4.78, 5) is 29.6. The molecule has 0 radical (unpaired) electrons. The fraction of sp³-hybridized carbons (Fsp3) is 0.500. The normalized spacial score (nSPS) is 21.8. The molecule has 2 N–H and O–H groups in total. The summed E-state index contributed by atoms with van der Waals surface area (Å²) >= 11 is 0. The molecule has 0 saturated carbocycles. The minimum atomic E-state index is -1.02. The first-order valence-electron chi connectivity index (χ1n) is 8.30. The van der Waals surface area contributed by atoms with Gasteiger partial charge in [0.05, 0.1) is 12.8 Å². The van der Waals surface area contributed by atoms with E-state index in [1.165, 1.54) is 0 Å². The Balaban J connectivity index is 2.20. The molecule has 1 aromatic carbocycles. The van der Waals surface area contributed by atoms with Gasteiger partial charge in [0.25, 0.3) is 0 Å². The number of nitrogens with zero attached hydrogens (tertiary/aromatic N) is 1. The van der Waals surface area contributed by atoms with Crippen molar-refractivity contribution in [2.24, 2.45) is 16.3 Å². The molecule has 1 aliphatic heterocycles. The third-order valence-corrected chi connectivity index (χ3v) is 4.64. The molecular formula is C18H25N3O3. The summed E-state index contributed by atoms with van der Waals surface area (Å²) < 4.78 is 5.09. The number of ether oxygens (including phenoxy) is 1. The maximum Gasteiger partial charge on any atom is 0.242 e. The molecule has 6 nitrogen and oxygen atoms in total. The first kappa shape index (κ1) is 18.0.